The first kappa shape index (κ1) is 121. The first-order chi connectivity index (χ1) is 53.1. The fourth-order valence-electron chi connectivity index (χ4n) is 13.1. The number of nitrogens with one attached hydrogen (secondary N) is 5. The molecular formula is C96H143Cl4LiN12O9. The summed E-state index contributed by atoms with van der Waals surface area (Å²) >= 11 is 24.3. The summed E-state index contributed by atoms with van der Waals surface area (Å²) in [5.74, 6) is -3.31. The number of aromatic nitrogens is 4. The van der Waals surface area contributed by atoms with Gasteiger partial charge in [-0.2, -0.15) is 6.42 Å². The van der Waals surface area contributed by atoms with Crippen molar-refractivity contribution in [3.63, 3.8) is 0 Å². The second-order valence-corrected chi connectivity index (χ2v) is 30.5. The van der Waals surface area contributed by atoms with Crippen molar-refractivity contribution in [2.75, 3.05) is 54.1 Å². The van der Waals surface area contributed by atoms with Crippen molar-refractivity contribution in [2.24, 2.45) is 23.7 Å². The van der Waals surface area contributed by atoms with Crippen LogP contribution in [-0.4, -0.2) is 115 Å². The standard InChI is InChI=1S/3C20H22ClN3O2.C12H16ClN.C10H12N2O3.C4H9.10CH4.Li/c3*1-13-6-7-18(15-4-3-5-16(21)9-15)24(12-13)20(26)19(25)23-17-8-14(2)10-22-11-17;1-9-5-6-12(14-8-9)10-3-2-4-11(13)7-10;1-3-15-10(14)9(13)12-8-4-7(2)5-11-6-8;1-3-4-2;;;;;;;;;;;/h3*3-5,8-11,13,18H,6-7,12H2,1-2H3,(H,23,25);2-4,7,9,12,14H,5-6,8H2,1H3;4-6H,3H2,1-2H3,(H,12,13);1,3-4H2,2H3;10*1H4;/q;;;;;-1;;;;;;;;;;;+1/t3*13-,18+;;;;;;;;;;;;;;/m100............../s1. The third-order valence-electron chi connectivity index (χ3n) is 18.8. The van der Waals surface area contributed by atoms with Gasteiger partial charge < -0.3 is 52.9 Å². The molecule has 8 aromatic rings. The van der Waals surface area contributed by atoms with E-state index in [2.05, 4.69) is 105 Å². The average Bonchev–Trinajstić information content (AvgIpc) is 0.813. The van der Waals surface area contributed by atoms with Gasteiger partial charge in [0.2, 0.25) is 0 Å². The van der Waals surface area contributed by atoms with Gasteiger partial charge in [0.25, 0.3) is 0 Å². The molecule has 8 heterocycles. The van der Waals surface area contributed by atoms with Gasteiger partial charge in [-0.3, -0.25) is 53.5 Å². The van der Waals surface area contributed by atoms with Gasteiger partial charge in [0, 0.05) is 70.6 Å². The van der Waals surface area contributed by atoms with Crippen LogP contribution in [-0.2, 0) is 43.1 Å². The van der Waals surface area contributed by atoms with Crippen LogP contribution in [0, 0.1) is 58.3 Å². The van der Waals surface area contributed by atoms with E-state index in [1.165, 1.54) is 49.6 Å². The molecule has 12 rings (SSSR count). The number of hydrogen-bond donors (Lipinski definition) is 5. The van der Waals surface area contributed by atoms with Crippen molar-refractivity contribution in [2.45, 2.75) is 232 Å². The number of ether oxygens (including phenoxy) is 1. The van der Waals surface area contributed by atoms with E-state index in [4.69, 9.17) is 46.4 Å². The number of esters is 1. The van der Waals surface area contributed by atoms with Gasteiger partial charge in [0.15, 0.2) is 0 Å². The van der Waals surface area contributed by atoms with Gasteiger partial charge in [0.05, 0.1) is 72.3 Å². The second kappa shape index (κ2) is 62.1. The Labute approximate surface area is 765 Å². The fourth-order valence-corrected chi connectivity index (χ4v) is 13.9. The number of amides is 7. The average molecular weight is 1760 g/mol. The zero-order valence-electron chi connectivity index (χ0n) is 65.9. The van der Waals surface area contributed by atoms with Crippen molar-refractivity contribution in [3.8, 4) is 0 Å². The number of benzene rings is 4. The zero-order chi connectivity index (χ0) is 80.7. The summed E-state index contributed by atoms with van der Waals surface area (Å²) < 4.78 is 4.53. The van der Waals surface area contributed by atoms with Gasteiger partial charge in [-0.1, -0.05) is 210 Å². The molecule has 4 fully saturated rings. The maximum atomic E-state index is 12.9. The van der Waals surface area contributed by atoms with E-state index in [1.54, 1.807) is 88.9 Å². The molecule has 7 amide bonds. The Hall–Kier alpha value is -9.04. The predicted molar refractivity (Wildman–Crippen MR) is 508 cm³/mol. The molecule has 0 radical (unpaired) electrons. The van der Waals surface area contributed by atoms with E-state index < -0.39 is 47.3 Å². The Balaban J connectivity index is -0.000000460. The van der Waals surface area contributed by atoms with Crippen LogP contribution < -0.4 is 45.4 Å². The van der Waals surface area contributed by atoms with Gasteiger partial charge >= 0.3 is 66.2 Å². The summed E-state index contributed by atoms with van der Waals surface area (Å²) in [6.07, 6.45) is 23.1. The molecule has 0 aliphatic carbocycles. The third kappa shape index (κ3) is 39.6. The second-order valence-electron chi connectivity index (χ2n) is 28.7. The number of nitrogens with zero attached hydrogens (tertiary/aromatic N) is 7. The minimum Gasteiger partial charge on any atom is -0.459 e. The van der Waals surface area contributed by atoms with Gasteiger partial charge in [-0.05, 0) is 234 Å². The zero-order valence-corrected chi connectivity index (χ0v) is 68.9. The molecule has 670 valence electrons. The van der Waals surface area contributed by atoms with E-state index in [0.29, 0.717) is 81.2 Å². The van der Waals surface area contributed by atoms with Gasteiger partial charge in [-0.15, -0.1) is 0 Å². The smallest absolute Gasteiger partial charge is 0.459 e. The molecule has 5 N–H and O–H groups in total. The van der Waals surface area contributed by atoms with Crippen molar-refractivity contribution in [1.82, 2.24) is 40.0 Å². The Morgan fingerprint density at radius 1 is 0.393 bits per heavy atom. The molecule has 4 aromatic heterocycles. The predicted octanol–water partition coefficient (Wildman–Crippen LogP) is 21.2. The monoisotopic (exact) mass is 1760 g/mol. The topological polar surface area (TPSA) is 267 Å². The van der Waals surface area contributed by atoms with Crippen LogP contribution in [0.5, 0.6) is 0 Å². The molecule has 2 unspecified atom stereocenters. The van der Waals surface area contributed by atoms with Gasteiger partial charge in [-0.25, -0.2) is 4.79 Å². The minimum absolute atomic E-state index is 0. The van der Waals surface area contributed by atoms with E-state index >= 15 is 0 Å². The Kier molecular flexibility index (Phi) is 61.9. The molecule has 0 bridgehead atoms. The summed E-state index contributed by atoms with van der Waals surface area (Å²) in [6, 6.07) is 37.8. The molecule has 4 aromatic carbocycles. The molecule has 21 nitrogen and oxygen atoms in total. The molecule has 4 aliphatic heterocycles. The number of anilines is 4. The van der Waals surface area contributed by atoms with Crippen LogP contribution in [0.15, 0.2) is 171 Å². The van der Waals surface area contributed by atoms with Crippen LogP contribution in [0.4, 0.5) is 22.7 Å². The van der Waals surface area contributed by atoms with Crippen LogP contribution in [0.25, 0.3) is 0 Å². The third-order valence-corrected chi connectivity index (χ3v) is 19.7. The quantitative estimate of drug-likeness (QED) is 0.0369. The van der Waals surface area contributed by atoms with Crippen LogP contribution >= 0.6 is 46.4 Å². The van der Waals surface area contributed by atoms with Crippen LogP contribution in [0.2, 0.25) is 20.1 Å². The molecule has 26 heteroatoms. The molecule has 4 saturated heterocycles. The van der Waals surface area contributed by atoms with Crippen molar-refractivity contribution in [3.05, 3.63) is 242 Å². The molecule has 4 aliphatic rings. The summed E-state index contributed by atoms with van der Waals surface area (Å²) in [5.41, 5.74) is 9.89. The number of carbonyl (C=O) groups is 8. The molecular weight excluding hydrogens is 1610 g/mol. The van der Waals surface area contributed by atoms with Crippen molar-refractivity contribution < 1.29 is 62.0 Å². The number of hydrogen-bond acceptors (Lipinski definition) is 14. The van der Waals surface area contributed by atoms with E-state index in [1.807, 2.05) is 94.4 Å². The Morgan fingerprint density at radius 3 is 0.902 bits per heavy atom. The summed E-state index contributed by atoms with van der Waals surface area (Å²) in [6.45, 7) is 26.4. The SMILES string of the molecule is C.C.C.C.C.C.C.C.C.C.CC1CCC(c2cccc(Cl)c2)NC1.CCOC(=O)C(=O)Nc1cncc(C)c1.Cc1cncc(NC(=O)C(=O)N2C[C@@H](C)CC[C@@H]2c2cccc(Cl)c2)c1.Cc1cncc(NC(=O)C(=O)N2C[C@@H](C)CC[C@@H]2c2cccc(Cl)c2)c1.Cc1cncc(NC(=O)C(=O)N2C[C@H](C)CC[C@H]2c2cccc(Cl)c2)c1.[CH2-]CCC.[Li+]. The number of piperidine rings is 4. The molecule has 8 atom stereocenters. The van der Waals surface area contributed by atoms with Crippen LogP contribution in [0.1, 0.15) is 249 Å². The number of pyridine rings is 4. The van der Waals surface area contributed by atoms with Crippen LogP contribution in [0.3, 0.4) is 0 Å². The van der Waals surface area contributed by atoms with Crippen molar-refractivity contribution in [1.29, 1.82) is 0 Å². The van der Waals surface area contributed by atoms with E-state index in [-0.39, 0.29) is 118 Å². The number of unbranched alkanes of at least 4 members (excludes halogenated alkanes) is 1. The summed E-state index contributed by atoms with van der Waals surface area (Å²) in [7, 11) is 0. The molecule has 0 spiro atoms. The molecule has 122 heavy (non-hydrogen) atoms. The normalized spacial score (nSPS) is 17.3. The maximum absolute atomic E-state index is 12.9. The van der Waals surface area contributed by atoms with Gasteiger partial charge in [0.1, 0.15) is 0 Å². The number of likely N-dealkylation sites (tertiary alicyclic amines) is 3. The number of aryl methyl sites for hydroxylation is 4. The van der Waals surface area contributed by atoms with E-state index in [0.717, 1.165) is 101 Å². The number of rotatable bonds is 10. The summed E-state index contributed by atoms with van der Waals surface area (Å²) in [5, 5.41) is 16.6. The maximum Gasteiger partial charge on any atom is 1.00 e. The van der Waals surface area contributed by atoms with E-state index in [9.17, 15) is 38.4 Å². The number of carbonyl (C=O) groups excluding carboxylic acids is 8. The molecule has 0 saturated carbocycles. The Bertz CT molecular complexity index is 4110. The fraction of sp³-hybridized carbons (Fsp3) is 0.448. The minimum atomic E-state index is -0.890. The van der Waals surface area contributed by atoms with Crippen molar-refractivity contribution >= 4 is 116 Å². The first-order valence-corrected chi connectivity index (χ1v) is 39.2. The summed E-state index contributed by atoms with van der Waals surface area (Å²) in [4.78, 5) is 119. The first-order valence-electron chi connectivity index (χ1n) is 37.7. The number of halogens is 4. The largest absolute Gasteiger partial charge is 1.00 e. The Morgan fingerprint density at radius 2 is 0.656 bits per heavy atom.